The molecule has 0 unspecified atom stereocenters. The minimum absolute atomic E-state index is 0.0132. The number of carbonyl (C=O) groups excluding carboxylic acids is 1. The van der Waals surface area contributed by atoms with Gasteiger partial charge in [0.05, 0.1) is 17.6 Å². The number of amides is 2. The maximum atomic E-state index is 12.9. The number of urea groups is 1. The second-order valence-corrected chi connectivity index (χ2v) is 9.23. The molecule has 3 atom stereocenters. The SMILES string of the molecule is CCn1c(CN(C)C(=O)N[C@H]2C[C@H]3CC[C@@]2(C)C3(C)C)nc2ccccc21. The predicted octanol–water partition coefficient (Wildman–Crippen LogP) is 4.41. The number of hydrogen-bond acceptors (Lipinski definition) is 2. The number of nitrogens with zero attached hydrogens (tertiary/aromatic N) is 3. The second kappa shape index (κ2) is 6.25. The Labute approximate surface area is 162 Å². The van der Waals surface area contributed by atoms with Crippen LogP contribution in [0, 0.1) is 16.7 Å². The van der Waals surface area contributed by atoms with Gasteiger partial charge < -0.3 is 14.8 Å². The van der Waals surface area contributed by atoms with E-state index in [1.165, 1.54) is 12.8 Å². The quantitative estimate of drug-likeness (QED) is 0.869. The number of aromatic nitrogens is 2. The number of imidazole rings is 1. The maximum absolute atomic E-state index is 12.9. The lowest BCUT2D eigenvalue weighted by Crippen LogP contribution is -2.50. The standard InChI is InChI=1S/C22H32N4O/c1-6-26-17-10-8-7-9-16(17)23-19(26)14-25(5)20(27)24-18-13-15-11-12-22(18,4)21(15,2)3/h7-10,15,18H,6,11-14H2,1-5H3,(H,24,27)/t15-,18+,22-/m1/s1. The number of carbonyl (C=O) groups is 1. The van der Waals surface area contributed by atoms with Gasteiger partial charge in [-0.2, -0.15) is 0 Å². The summed E-state index contributed by atoms with van der Waals surface area (Å²) in [6.07, 6.45) is 3.62. The first kappa shape index (κ1) is 18.3. The van der Waals surface area contributed by atoms with E-state index < -0.39 is 0 Å². The van der Waals surface area contributed by atoms with Crippen LogP contribution in [0.1, 0.15) is 52.8 Å². The molecular weight excluding hydrogens is 336 g/mol. The Balaban J connectivity index is 1.48. The van der Waals surface area contributed by atoms with Crippen LogP contribution >= 0.6 is 0 Å². The van der Waals surface area contributed by atoms with Gasteiger partial charge in [0.25, 0.3) is 0 Å². The van der Waals surface area contributed by atoms with Gasteiger partial charge in [-0.05, 0) is 55.1 Å². The molecule has 2 bridgehead atoms. The summed E-state index contributed by atoms with van der Waals surface area (Å²) in [5.41, 5.74) is 2.63. The molecule has 2 fully saturated rings. The van der Waals surface area contributed by atoms with Crippen LogP contribution in [-0.4, -0.2) is 33.6 Å². The predicted molar refractivity (Wildman–Crippen MR) is 108 cm³/mol. The first-order chi connectivity index (χ1) is 12.8. The van der Waals surface area contributed by atoms with Crippen molar-refractivity contribution >= 4 is 17.1 Å². The minimum atomic E-state index is 0.0132. The number of para-hydroxylation sites is 2. The minimum Gasteiger partial charge on any atom is -0.335 e. The van der Waals surface area contributed by atoms with Crippen molar-refractivity contribution in [1.82, 2.24) is 19.8 Å². The highest BCUT2D eigenvalue weighted by atomic mass is 16.2. The van der Waals surface area contributed by atoms with Gasteiger partial charge in [-0.25, -0.2) is 9.78 Å². The fraction of sp³-hybridized carbons (Fsp3) is 0.636. The first-order valence-corrected chi connectivity index (χ1v) is 10.2. The van der Waals surface area contributed by atoms with Crippen molar-refractivity contribution in [3.63, 3.8) is 0 Å². The molecule has 0 radical (unpaired) electrons. The van der Waals surface area contributed by atoms with Crippen LogP contribution in [0.15, 0.2) is 24.3 Å². The molecule has 2 aromatic rings. The van der Waals surface area contributed by atoms with Crippen molar-refractivity contribution < 1.29 is 4.79 Å². The Kier molecular flexibility index (Phi) is 4.24. The molecule has 2 saturated carbocycles. The Morgan fingerprint density at radius 1 is 1.33 bits per heavy atom. The monoisotopic (exact) mass is 368 g/mol. The molecule has 146 valence electrons. The van der Waals surface area contributed by atoms with E-state index in [1.807, 2.05) is 25.2 Å². The average molecular weight is 369 g/mol. The fourth-order valence-electron chi connectivity index (χ4n) is 5.56. The summed E-state index contributed by atoms with van der Waals surface area (Å²) in [6, 6.07) is 8.45. The molecule has 0 saturated heterocycles. The normalized spacial score (nSPS) is 28.6. The Morgan fingerprint density at radius 3 is 2.70 bits per heavy atom. The Hall–Kier alpha value is -2.04. The zero-order chi connectivity index (χ0) is 19.4. The van der Waals surface area contributed by atoms with Crippen molar-refractivity contribution in [2.45, 2.75) is 66.1 Å². The summed E-state index contributed by atoms with van der Waals surface area (Å²) in [5.74, 6) is 1.67. The van der Waals surface area contributed by atoms with Crippen molar-refractivity contribution in [2.75, 3.05) is 7.05 Å². The number of aryl methyl sites for hydroxylation is 1. The number of fused-ring (bicyclic) bond motifs is 3. The van der Waals surface area contributed by atoms with Crippen molar-refractivity contribution in [3.05, 3.63) is 30.1 Å². The van der Waals surface area contributed by atoms with Crippen molar-refractivity contribution in [3.8, 4) is 0 Å². The highest BCUT2D eigenvalue weighted by molar-refractivity contribution is 5.77. The third-order valence-electron chi connectivity index (χ3n) is 7.87. The molecule has 1 aromatic carbocycles. The van der Waals surface area contributed by atoms with Gasteiger partial charge in [-0.1, -0.05) is 32.9 Å². The molecule has 4 rings (SSSR count). The lowest BCUT2D eigenvalue weighted by atomic mass is 9.69. The molecule has 0 spiro atoms. The van der Waals surface area contributed by atoms with E-state index in [0.717, 1.165) is 35.7 Å². The molecule has 2 amide bonds. The zero-order valence-corrected chi connectivity index (χ0v) is 17.2. The van der Waals surface area contributed by atoms with Crippen LogP contribution < -0.4 is 5.32 Å². The van der Waals surface area contributed by atoms with Crippen LogP contribution in [0.25, 0.3) is 11.0 Å². The third kappa shape index (κ3) is 2.66. The molecule has 2 aliphatic rings. The van der Waals surface area contributed by atoms with E-state index in [9.17, 15) is 4.79 Å². The van der Waals surface area contributed by atoms with Gasteiger partial charge in [0, 0.05) is 19.6 Å². The molecule has 0 aliphatic heterocycles. The highest BCUT2D eigenvalue weighted by Crippen LogP contribution is 2.65. The van der Waals surface area contributed by atoms with Crippen molar-refractivity contribution in [2.24, 2.45) is 16.7 Å². The summed E-state index contributed by atoms with van der Waals surface area (Å²) in [6.45, 7) is 10.6. The molecule has 1 N–H and O–H groups in total. The number of rotatable bonds is 4. The van der Waals surface area contributed by atoms with E-state index in [-0.39, 0.29) is 17.5 Å². The average Bonchev–Trinajstić information content (AvgIpc) is 3.16. The van der Waals surface area contributed by atoms with Crippen LogP contribution in [0.3, 0.4) is 0 Å². The largest absolute Gasteiger partial charge is 0.335 e. The second-order valence-electron chi connectivity index (χ2n) is 9.23. The lowest BCUT2D eigenvalue weighted by Gasteiger charge is -2.40. The molecule has 1 heterocycles. The molecule has 5 heteroatoms. The van der Waals surface area contributed by atoms with E-state index in [4.69, 9.17) is 4.98 Å². The summed E-state index contributed by atoms with van der Waals surface area (Å²) < 4.78 is 2.20. The Bertz CT molecular complexity index is 870. The summed E-state index contributed by atoms with van der Waals surface area (Å²) in [5, 5.41) is 3.35. The van der Waals surface area contributed by atoms with Crippen LogP contribution in [0.5, 0.6) is 0 Å². The lowest BCUT2D eigenvalue weighted by molar-refractivity contribution is 0.118. The summed E-state index contributed by atoms with van der Waals surface area (Å²) in [7, 11) is 1.87. The number of benzene rings is 1. The third-order valence-corrected chi connectivity index (χ3v) is 7.87. The van der Waals surface area contributed by atoms with E-state index in [1.54, 1.807) is 4.90 Å². The van der Waals surface area contributed by atoms with Gasteiger partial charge >= 0.3 is 6.03 Å². The van der Waals surface area contributed by atoms with Gasteiger partial charge in [-0.15, -0.1) is 0 Å². The molecule has 27 heavy (non-hydrogen) atoms. The van der Waals surface area contributed by atoms with Gasteiger partial charge in [0.2, 0.25) is 0 Å². The topological polar surface area (TPSA) is 50.2 Å². The van der Waals surface area contributed by atoms with Crippen LogP contribution in [-0.2, 0) is 13.1 Å². The van der Waals surface area contributed by atoms with Gasteiger partial charge in [0.1, 0.15) is 5.82 Å². The van der Waals surface area contributed by atoms with Crippen molar-refractivity contribution in [1.29, 1.82) is 0 Å². The first-order valence-electron chi connectivity index (χ1n) is 10.2. The number of nitrogens with one attached hydrogen (secondary N) is 1. The van der Waals surface area contributed by atoms with Gasteiger partial charge in [0.15, 0.2) is 0 Å². The van der Waals surface area contributed by atoms with E-state index >= 15 is 0 Å². The van der Waals surface area contributed by atoms with Crippen LogP contribution in [0.2, 0.25) is 0 Å². The fourth-order valence-corrected chi connectivity index (χ4v) is 5.56. The Morgan fingerprint density at radius 2 is 2.07 bits per heavy atom. The smallest absolute Gasteiger partial charge is 0.317 e. The molecule has 2 aliphatic carbocycles. The molecule has 1 aromatic heterocycles. The highest BCUT2D eigenvalue weighted by Gasteiger charge is 2.61. The molecule has 5 nitrogen and oxygen atoms in total. The van der Waals surface area contributed by atoms with Crippen LogP contribution in [0.4, 0.5) is 4.79 Å². The number of hydrogen-bond donors (Lipinski definition) is 1. The summed E-state index contributed by atoms with van der Waals surface area (Å²) in [4.78, 5) is 19.5. The van der Waals surface area contributed by atoms with Gasteiger partial charge in [-0.3, -0.25) is 0 Å². The van der Waals surface area contributed by atoms with E-state index in [0.29, 0.717) is 12.0 Å². The maximum Gasteiger partial charge on any atom is 0.317 e. The summed E-state index contributed by atoms with van der Waals surface area (Å²) >= 11 is 0. The zero-order valence-electron chi connectivity index (χ0n) is 17.2. The molecular formula is C22H32N4O. The van der Waals surface area contributed by atoms with E-state index in [2.05, 4.69) is 43.6 Å².